The number of carbonyl (C=O) groups excluding carboxylic acids is 1. The van der Waals surface area contributed by atoms with E-state index < -0.39 is 0 Å². The monoisotopic (exact) mass is 255 g/mol. The van der Waals surface area contributed by atoms with Gasteiger partial charge in [0.05, 0.1) is 5.52 Å². The highest BCUT2D eigenvalue weighted by Gasteiger charge is 2.19. The molecule has 2 aromatic rings. The van der Waals surface area contributed by atoms with Crippen molar-refractivity contribution in [2.24, 2.45) is 0 Å². The van der Waals surface area contributed by atoms with Crippen LogP contribution >= 0.6 is 0 Å². The Morgan fingerprint density at radius 2 is 1.89 bits per heavy atom. The zero-order valence-electron chi connectivity index (χ0n) is 12.4. The number of benzene rings is 1. The van der Waals surface area contributed by atoms with Gasteiger partial charge in [0, 0.05) is 22.1 Å². The highest BCUT2D eigenvalue weighted by molar-refractivity contribution is 6.06. The van der Waals surface area contributed by atoms with Gasteiger partial charge in [0.2, 0.25) is 0 Å². The van der Waals surface area contributed by atoms with Crippen molar-refractivity contribution in [3.8, 4) is 0 Å². The first-order chi connectivity index (χ1) is 8.82. The van der Waals surface area contributed by atoms with Gasteiger partial charge in [0.1, 0.15) is 0 Å². The van der Waals surface area contributed by atoms with E-state index in [1.807, 2.05) is 12.1 Å². The van der Waals surface area contributed by atoms with Crippen LogP contribution in [0.4, 0.5) is 0 Å². The lowest BCUT2D eigenvalue weighted by atomic mass is 9.89. The van der Waals surface area contributed by atoms with Gasteiger partial charge >= 0.3 is 0 Å². The van der Waals surface area contributed by atoms with Crippen LogP contribution in [-0.2, 0) is 11.8 Å². The highest BCUT2D eigenvalue weighted by Crippen LogP contribution is 2.27. The second-order valence-corrected chi connectivity index (χ2v) is 6.07. The molecule has 2 nitrogen and oxygen atoms in total. The minimum Gasteiger partial charge on any atom is -0.294 e. The molecule has 100 valence electrons. The smallest absolute Gasteiger partial charge is 0.160 e. The van der Waals surface area contributed by atoms with Crippen LogP contribution in [0.2, 0.25) is 0 Å². The Labute approximate surface area is 114 Å². The fourth-order valence-corrected chi connectivity index (χ4v) is 2.17. The SMILES string of the molecule is CCc1ccc2nc(C(C)(C)C)cc(C(C)=O)c2c1. The van der Waals surface area contributed by atoms with Crippen molar-refractivity contribution in [1.29, 1.82) is 0 Å². The van der Waals surface area contributed by atoms with E-state index in [4.69, 9.17) is 4.98 Å². The van der Waals surface area contributed by atoms with Crippen LogP contribution in [0.3, 0.4) is 0 Å². The summed E-state index contributed by atoms with van der Waals surface area (Å²) in [5.74, 6) is 0.103. The second kappa shape index (κ2) is 4.76. The molecule has 0 atom stereocenters. The summed E-state index contributed by atoms with van der Waals surface area (Å²) in [6.45, 7) is 10.1. The van der Waals surface area contributed by atoms with Crippen LogP contribution in [0.5, 0.6) is 0 Å². The molecule has 0 saturated heterocycles. The maximum atomic E-state index is 11.9. The van der Waals surface area contributed by atoms with E-state index in [1.54, 1.807) is 6.92 Å². The van der Waals surface area contributed by atoms with Gasteiger partial charge in [-0.15, -0.1) is 0 Å². The number of hydrogen-bond acceptors (Lipinski definition) is 2. The molecule has 2 rings (SSSR count). The Bertz CT molecular complexity index is 635. The fourth-order valence-electron chi connectivity index (χ4n) is 2.17. The van der Waals surface area contributed by atoms with Gasteiger partial charge in [0.25, 0.3) is 0 Å². The first kappa shape index (κ1) is 13.7. The van der Waals surface area contributed by atoms with Crippen LogP contribution in [0, 0.1) is 0 Å². The molecule has 0 aliphatic heterocycles. The molecule has 0 spiro atoms. The van der Waals surface area contributed by atoms with E-state index >= 15 is 0 Å². The maximum absolute atomic E-state index is 11.9. The van der Waals surface area contributed by atoms with Gasteiger partial charge in [-0.1, -0.05) is 33.8 Å². The summed E-state index contributed by atoms with van der Waals surface area (Å²) in [6, 6.07) is 8.15. The molecule has 1 aromatic carbocycles. The molecular weight excluding hydrogens is 234 g/mol. The summed E-state index contributed by atoms with van der Waals surface area (Å²) in [6.07, 6.45) is 0.967. The van der Waals surface area contributed by atoms with E-state index in [0.29, 0.717) is 0 Å². The lowest BCUT2D eigenvalue weighted by Crippen LogP contribution is -2.15. The standard InChI is InChI=1S/C17H21NO/c1-6-12-7-8-15-14(9-12)13(11(2)19)10-16(18-15)17(3,4)5/h7-10H,6H2,1-5H3. The zero-order valence-corrected chi connectivity index (χ0v) is 12.4. The number of pyridine rings is 1. The van der Waals surface area contributed by atoms with Crippen LogP contribution in [0.15, 0.2) is 24.3 Å². The summed E-state index contributed by atoms with van der Waals surface area (Å²) < 4.78 is 0. The summed E-state index contributed by atoms with van der Waals surface area (Å²) in [5.41, 5.74) is 3.84. The Hall–Kier alpha value is -1.70. The third-order valence-corrected chi connectivity index (χ3v) is 3.43. The van der Waals surface area contributed by atoms with Gasteiger partial charge in [-0.3, -0.25) is 9.78 Å². The van der Waals surface area contributed by atoms with Crippen molar-refractivity contribution in [2.75, 3.05) is 0 Å². The molecule has 0 amide bonds. The number of hydrogen-bond donors (Lipinski definition) is 0. The Kier molecular flexibility index (Phi) is 3.44. The van der Waals surface area contributed by atoms with Crippen LogP contribution in [0.1, 0.15) is 56.2 Å². The molecule has 2 heteroatoms. The number of carbonyl (C=O) groups is 1. The van der Waals surface area contributed by atoms with Gasteiger partial charge in [-0.2, -0.15) is 0 Å². The normalized spacial score (nSPS) is 11.8. The minimum absolute atomic E-state index is 0.0538. The maximum Gasteiger partial charge on any atom is 0.160 e. The molecule has 0 unspecified atom stereocenters. The van der Waals surface area contributed by atoms with Crippen molar-refractivity contribution >= 4 is 16.7 Å². The van der Waals surface area contributed by atoms with Crippen LogP contribution in [0.25, 0.3) is 10.9 Å². The Balaban J connectivity index is 2.79. The van der Waals surface area contributed by atoms with Crippen molar-refractivity contribution in [1.82, 2.24) is 4.98 Å². The number of nitrogens with zero attached hydrogens (tertiary/aromatic N) is 1. The minimum atomic E-state index is -0.0538. The number of aromatic nitrogens is 1. The van der Waals surface area contributed by atoms with Crippen LogP contribution in [-0.4, -0.2) is 10.8 Å². The third kappa shape index (κ3) is 2.67. The predicted octanol–water partition coefficient (Wildman–Crippen LogP) is 4.30. The molecule has 19 heavy (non-hydrogen) atoms. The van der Waals surface area contributed by atoms with Gasteiger partial charge < -0.3 is 0 Å². The van der Waals surface area contributed by atoms with Crippen molar-refractivity contribution < 1.29 is 4.79 Å². The lowest BCUT2D eigenvalue weighted by Gasteiger charge is -2.19. The first-order valence-corrected chi connectivity index (χ1v) is 6.78. The molecule has 0 aliphatic carbocycles. The van der Waals surface area contributed by atoms with Crippen molar-refractivity contribution in [3.63, 3.8) is 0 Å². The molecule has 0 aliphatic rings. The zero-order chi connectivity index (χ0) is 14.2. The molecule has 1 aromatic heterocycles. The van der Waals surface area contributed by atoms with E-state index in [1.165, 1.54) is 5.56 Å². The van der Waals surface area contributed by atoms with E-state index in [9.17, 15) is 4.79 Å². The number of aryl methyl sites for hydroxylation is 1. The molecule has 1 heterocycles. The van der Waals surface area contributed by atoms with Gasteiger partial charge in [-0.05, 0) is 37.1 Å². The molecule has 0 N–H and O–H groups in total. The Morgan fingerprint density at radius 3 is 2.42 bits per heavy atom. The molecular formula is C17H21NO. The molecule has 0 saturated carbocycles. The lowest BCUT2D eigenvalue weighted by molar-refractivity contribution is 0.101. The van der Waals surface area contributed by atoms with Gasteiger partial charge in [-0.25, -0.2) is 0 Å². The number of ketones is 1. The predicted molar refractivity (Wildman–Crippen MR) is 79.8 cm³/mol. The van der Waals surface area contributed by atoms with Crippen molar-refractivity contribution in [2.45, 2.75) is 46.5 Å². The molecule has 0 bridgehead atoms. The number of rotatable bonds is 2. The summed E-state index contributed by atoms with van der Waals surface area (Å²) >= 11 is 0. The quantitative estimate of drug-likeness (QED) is 0.749. The fraction of sp³-hybridized carbons (Fsp3) is 0.412. The van der Waals surface area contributed by atoms with E-state index in [0.717, 1.165) is 28.6 Å². The summed E-state index contributed by atoms with van der Waals surface area (Å²) in [4.78, 5) is 16.6. The van der Waals surface area contributed by atoms with Crippen LogP contribution < -0.4 is 0 Å². The molecule has 0 radical (unpaired) electrons. The largest absolute Gasteiger partial charge is 0.294 e. The average Bonchev–Trinajstić information content (AvgIpc) is 2.35. The summed E-state index contributed by atoms with van der Waals surface area (Å²) in [7, 11) is 0. The van der Waals surface area contributed by atoms with E-state index in [2.05, 4.69) is 39.8 Å². The van der Waals surface area contributed by atoms with E-state index in [-0.39, 0.29) is 11.2 Å². The second-order valence-electron chi connectivity index (χ2n) is 6.07. The summed E-state index contributed by atoms with van der Waals surface area (Å²) in [5, 5.41) is 0.972. The number of Topliss-reactive ketones (excluding diaryl/α,β-unsaturated/α-hetero) is 1. The number of fused-ring (bicyclic) bond motifs is 1. The Morgan fingerprint density at radius 1 is 1.21 bits per heavy atom. The van der Waals surface area contributed by atoms with Gasteiger partial charge in [0.15, 0.2) is 5.78 Å². The topological polar surface area (TPSA) is 30.0 Å². The first-order valence-electron chi connectivity index (χ1n) is 6.78. The van der Waals surface area contributed by atoms with Crippen molar-refractivity contribution in [3.05, 3.63) is 41.1 Å². The third-order valence-electron chi connectivity index (χ3n) is 3.43. The highest BCUT2D eigenvalue weighted by atomic mass is 16.1. The average molecular weight is 255 g/mol. The molecule has 0 fully saturated rings.